The van der Waals surface area contributed by atoms with Gasteiger partial charge in [-0.25, -0.2) is 14.3 Å². The number of carbonyl (C=O) groups excluding carboxylic acids is 2. The maximum atomic E-state index is 12.8. The summed E-state index contributed by atoms with van der Waals surface area (Å²) in [6.45, 7) is 1.85. The predicted molar refractivity (Wildman–Crippen MR) is 142 cm³/mol. The van der Waals surface area contributed by atoms with Gasteiger partial charge in [0.05, 0.1) is 21.1 Å². The minimum Gasteiger partial charge on any atom is -0.356 e. The molecule has 2 heterocycles. The summed E-state index contributed by atoms with van der Waals surface area (Å²) in [6, 6.07) is 11.7. The van der Waals surface area contributed by atoms with Crippen molar-refractivity contribution in [3.05, 3.63) is 74.7 Å². The van der Waals surface area contributed by atoms with Crippen LogP contribution in [0.5, 0.6) is 0 Å². The fourth-order valence-corrected chi connectivity index (χ4v) is 4.11. The smallest absolute Gasteiger partial charge is 0.333 e. The number of anilines is 3. The van der Waals surface area contributed by atoms with Gasteiger partial charge in [-0.3, -0.25) is 20.0 Å². The van der Waals surface area contributed by atoms with E-state index < -0.39 is 5.69 Å². The second-order valence-corrected chi connectivity index (χ2v) is 8.80. The van der Waals surface area contributed by atoms with Crippen LogP contribution in [0.3, 0.4) is 0 Å². The first-order chi connectivity index (χ1) is 17.7. The number of aromatic amines is 1. The van der Waals surface area contributed by atoms with Crippen LogP contribution in [0.4, 0.5) is 17.3 Å². The molecule has 0 aliphatic carbocycles. The van der Waals surface area contributed by atoms with Gasteiger partial charge in [-0.2, -0.15) is 4.98 Å². The average molecular weight is 541 g/mol. The number of hydrogen-bond acceptors (Lipinski definition) is 7. The number of rotatable bonds is 8. The minimum atomic E-state index is -0.639. The van der Waals surface area contributed by atoms with Crippen molar-refractivity contribution < 1.29 is 9.59 Å². The molecule has 0 fully saturated rings. The number of para-hydroxylation sites is 1. The van der Waals surface area contributed by atoms with Crippen LogP contribution in [-0.4, -0.2) is 37.9 Å². The molecule has 4 aromatic rings. The summed E-state index contributed by atoms with van der Waals surface area (Å²) in [5.41, 5.74) is 0.683. The molecule has 2 amide bonds. The molecule has 4 rings (SSSR count). The fourth-order valence-electron chi connectivity index (χ4n) is 3.55. The SMILES string of the molecule is CC(=O)NCCCC(=O)Nc1cccc(Nc2ncc3c(=N)n(-c4c(Cl)cccc4Cl)c(=O)[nH]c3n2)c1. The molecule has 2 aromatic heterocycles. The van der Waals surface area contributed by atoms with Crippen LogP contribution in [0, 0.1) is 5.41 Å². The van der Waals surface area contributed by atoms with E-state index in [-0.39, 0.29) is 56.4 Å². The zero-order valence-corrected chi connectivity index (χ0v) is 21.1. The van der Waals surface area contributed by atoms with E-state index in [1.165, 1.54) is 13.1 Å². The van der Waals surface area contributed by atoms with Crippen LogP contribution in [0.25, 0.3) is 16.7 Å². The van der Waals surface area contributed by atoms with Gasteiger partial charge in [0, 0.05) is 37.5 Å². The van der Waals surface area contributed by atoms with Crippen molar-refractivity contribution in [3.8, 4) is 5.69 Å². The Morgan fingerprint density at radius 2 is 1.81 bits per heavy atom. The number of carbonyl (C=O) groups is 2. The number of nitrogens with zero attached hydrogens (tertiary/aromatic N) is 3. The Morgan fingerprint density at radius 3 is 2.54 bits per heavy atom. The van der Waals surface area contributed by atoms with Gasteiger partial charge in [-0.1, -0.05) is 35.3 Å². The number of halogens is 2. The number of aromatic nitrogens is 4. The van der Waals surface area contributed by atoms with E-state index in [9.17, 15) is 14.4 Å². The van der Waals surface area contributed by atoms with E-state index in [2.05, 4.69) is 30.9 Å². The molecule has 0 saturated heterocycles. The lowest BCUT2D eigenvalue weighted by Crippen LogP contribution is -2.34. The van der Waals surface area contributed by atoms with E-state index >= 15 is 0 Å². The van der Waals surface area contributed by atoms with Crippen LogP contribution in [0.1, 0.15) is 19.8 Å². The molecule has 0 unspecified atom stereocenters. The standard InChI is InChI=1S/C24H22Cl2N8O3/c1-13(35)28-10-4-9-19(36)30-14-5-2-6-15(11-14)31-23-29-12-16-21(27)34(24(37)33-22(16)32-23)20-17(25)7-3-8-18(20)26/h2-3,5-8,11-12,27H,4,9-10H2,1H3,(H,28,35)(H,30,36)(H2,29,31,32,33,37). The van der Waals surface area contributed by atoms with Crippen LogP contribution in [0.2, 0.25) is 10.0 Å². The van der Waals surface area contributed by atoms with Crippen LogP contribution in [-0.2, 0) is 9.59 Å². The molecular formula is C24H22Cl2N8O3. The largest absolute Gasteiger partial charge is 0.356 e. The first-order valence-corrected chi connectivity index (χ1v) is 11.9. The Kier molecular flexibility index (Phi) is 7.85. The molecule has 0 atom stereocenters. The second-order valence-electron chi connectivity index (χ2n) is 7.98. The van der Waals surface area contributed by atoms with Crippen molar-refractivity contribution in [2.45, 2.75) is 19.8 Å². The quantitative estimate of drug-likeness (QED) is 0.215. The Hall–Kier alpha value is -4.22. The van der Waals surface area contributed by atoms with E-state index in [0.29, 0.717) is 24.3 Å². The maximum Gasteiger partial charge on any atom is 0.333 e. The lowest BCUT2D eigenvalue weighted by atomic mass is 10.2. The summed E-state index contributed by atoms with van der Waals surface area (Å²) < 4.78 is 1.06. The van der Waals surface area contributed by atoms with Gasteiger partial charge >= 0.3 is 5.69 Å². The average Bonchev–Trinajstić information content (AvgIpc) is 2.83. The van der Waals surface area contributed by atoms with Crippen LogP contribution < -0.4 is 27.1 Å². The summed E-state index contributed by atoms with van der Waals surface area (Å²) >= 11 is 12.5. The fraction of sp³-hybridized carbons (Fsp3) is 0.167. The highest BCUT2D eigenvalue weighted by molar-refractivity contribution is 6.37. The zero-order chi connectivity index (χ0) is 26.5. The molecule has 5 N–H and O–H groups in total. The van der Waals surface area contributed by atoms with Crippen molar-refractivity contribution >= 4 is 63.4 Å². The van der Waals surface area contributed by atoms with Crippen molar-refractivity contribution in [1.82, 2.24) is 24.8 Å². The van der Waals surface area contributed by atoms with E-state index in [4.69, 9.17) is 28.6 Å². The molecule has 0 bridgehead atoms. The van der Waals surface area contributed by atoms with Gasteiger partial charge in [0.25, 0.3) is 0 Å². The second kappa shape index (κ2) is 11.2. The van der Waals surface area contributed by atoms with Gasteiger partial charge in [0.1, 0.15) is 5.49 Å². The summed E-state index contributed by atoms with van der Waals surface area (Å²) in [5.74, 6) is -0.144. The van der Waals surface area contributed by atoms with Crippen LogP contribution >= 0.6 is 23.2 Å². The van der Waals surface area contributed by atoms with Gasteiger partial charge in [-0.15, -0.1) is 0 Å². The number of nitrogens with one attached hydrogen (secondary N) is 5. The van der Waals surface area contributed by atoms with E-state index in [1.54, 1.807) is 42.5 Å². The summed E-state index contributed by atoms with van der Waals surface area (Å²) in [7, 11) is 0. The first-order valence-electron chi connectivity index (χ1n) is 11.2. The van der Waals surface area contributed by atoms with Crippen LogP contribution in [0.15, 0.2) is 53.5 Å². The Morgan fingerprint density at radius 1 is 1.11 bits per heavy atom. The third-order valence-electron chi connectivity index (χ3n) is 5.21. The minimum absolute atomic E-state index is 0.137. The Labute approximate surface area is 220 Å². The van der Waals surface area contributed by atoms with Gasteiger partial charge in [0.15, 0.2) is 5.65 Å². The topological polar surface area (TPSA) is 158 Å². The Bertz CT molecular complexity index is 1600. The third kappa shape index (κ3) is 6.13. The molecule has 0 spiro atoms. The third-order valence-corrected chi connectivity index (χ3v) is 5.82. The van der Waals surface area contributed by atoms with Crippen molar-refractivity contribution in [2.24, 2.45) is 0 Å². The molecule has 0 aliphatic heterocycles. The van der Waals surface area contributed by atoms with E-state index in [1.807, 2.05) is 0 Å². The molecule has 190 valence electrons. The normalized spacial score (nSPS) is 10.8. The molecule has 2 aromatic carbocycles. The number of amides is 2. The first kappa shape index (κ1) is 25.9. The lowest BCUT2D eigenvalue weighted by Gasteiger charge is -2.12. The molecule has 37 heavy (non-hydrogen) atoms. The molecule has 13 heteroatoms. The van der Waals surface area contributed by atoms with Gasteiger partial charge in [-0.05, 0) is 36.8 Å². The van der Waals surface area contributed by atoms with Crippen molar-refractivity contribution in [1.29, 1.82) is 5.41 Å². The van der Waals surface area contributed by atoms with Crippen molar-refractivity contribution in [3.63, 3.8) is 0 Å². The summed E-state index contributed by atoms with van der Waals surface area (Å²) in [4.78, 5) is 47.1. The molecule has 11 nitrogen and oxygen atoms in total. The highest BCUT2D eigenvalue weighted by Crippen LogP contribution is 2.26. The summed E-state index contributed by atoms with van der Waals surface area (Å²) in [6.07, 6.45) is 2.19. The molecule has 0 radical (unpaired) electrons. The number of H-pyrrole nitrogens is 1. The molecular weight excluding hydrogens is 519 g/mol. The van der Waals surface area contributed by atoms with Gasteiger partial charge in [0.2, 0.25) is 17.8 Å². The zero-order valence-electron chi connectivity index (χ0n) is 19.6. The highest BCUT2D eigenvalue weighted by Gasteiger charge is 2.15. The van der Waals surface area contributed by atoms with Gasteiger partial charge < -0.3 is 16.0 Å². The number of benzene rings is 2. The molecule has 0 saturated carbocycles. The lowest BCUT2D eigenvalue weighted by molar-refractivity contribution is -0.119. The summed E-state index contributed by atoms with van der Waals surface area (Å²) in [5, 5.41) is 17.7. The number of fused-ring (bicyclic) bond motifs is 1. The maximum absolute atomic E-state index is 12.8. The van der Waals surface area contributed by atoms with E-state index in [0.717, 1.165) is 4.57 Å². The predicted octanol–water partition coefficient (Wildman–Crippen LogP) is 3.49. The highest BCUT2D eigenvalue weighted by atomic mass is 35.5. The number of hydrogen-bond donors (Lipinski definition) is 5. The Balaban J connectivity index is 1.53. The molecule has 0 aliphatic rings. The van der Waals surface area contributed by atoms with Crippen molar-refractivity contribution in [2.75, 3.05) is 17.2 Å². The monoisotopic (exact) mass is 540 g/mol.